The highest BCUT2D eigenvalue weighted by atomic mass is 15.0. The molecule has 0 radical (unpaired) electrons. The molecule has 0 aromatic carbocycles. The molecule has 3 N–H and O–H groups in total. The Morgan fingerprint density at radius 1 is 1.33 bits per heavy atom. The van der Waals surface area contributed by atoms with Crippen molar-refractivity contribution in [3.63, 3.8) is 0 Å². The molecular weight excluding hydrogens is 220 g/mol. The normalized spacial score (nSPS) is 28.6. The summed E-state index contributed by atoms with van der Waals surface area (Å²) < 4.78 is 0. The van der Waals surface area contributed by atoms with Crippen molar-refractivity contribution >= 4 is 0 Å². The van der Waals surface area contributed by atoms with Gasteiger partial charge in [-0.15, -0.1) is 11.8 Å². The minimum absolute atomic E-state index is 0.180. The summed E-state index contributed by atoms with van der Waals surface area (Å²) in [6, 6.07) is 0. The molecule has 0 heterocycles. The van der Waals surface area contributed by atoms with Gasteiger partial charge in [-0.3, -0.25) is 0 Å². The van der Waals surface area contributed by atoms with Gasteiger partial charge in [-0.1, -0.05) is 26.7 Å². The topological polar surface area (TPSA) is 38.0 Å². The molecule has 1 rings (SSSR count). The van der Waals surface area contributed by atoms with Gasteiger partial charge in [0.15, 0.2) is 0 Å². The first-order valence-electron chi connectivity index (χ1n) is 7.48. The molecule has 1 saturated carbocycles. The van der Waals surface area contributed by atoms with Crippen molar-refractivity contribution in [2.45, 2.75) is 64.8 Å². The van der Waals surface area contributed by atoms with Gasteiger partial charge in [0.1, 0.15) is 0 Å². The fourth-order valence-electron chi connectivity index (χ4n) is 3.07. The Morgan fingerprint density at radius 3 is 2.72 bits per heavy atom. The van der Waals surface area contributed by atoms with Crippen molar-refractivity contribution < 1.29 is 0 Å². The van der Waals surface area contributed by atoms with Crippen molar-refractivity contribution in [1.29, 1.82) is 0 Å². The maximum Gasteiger partial charge on any atom is 0.0304 e. The van der Waals surface area contributed by atoms with Crippen molar-refractivity contribution in [1.82, 2.24) is 5.32 Å². The molecule has 0 aliphatic heterocycles. The van der Waals surface area contributed by atoms with E-state index in [0.717, 1.165) is 31.3 Å². The molecular formula is C16H30N2. The van der Waals surface area contributed by atoms with Gasteiger partial charge in [-0.2, -0.15) is 0 Å². The highest BCUT2D eigenvalue weighted by Gasteiger charge is 2.31. The van der Waals surface area contributed by atoms with Crippen LogP contribution in [0.25, 0.3) is 0 Å². The van der Waals surface area contributed by atoms with Crippen LogP contribution >= 0.6 is 0 Å². The van der Waals surface area contributed by atoms with Crippen molar-refractivity contribution in [2.24, 2.45) is 17.6 Å². The Labute approximate surface area is 113 Å². The summed E-state index contributed by atoms with van der Waals surface area (Å²) in [4.78, 5) is 0. The Bertz CT molecular complexity index is 287. The molecule has 2 unspecified atom stereocenters. The SMILES string of the molecule is CC#CCCNC1(CN)CCCC(C(C)C)CC1. The number of hydrogen-bond donors (Lipinski definition) is 2. The van der Waals surface area contributed by atoms with E-state index in [1.807, 2.05) is 6.92 Å². The van der Waals surface area contributed by atoms with Gasteiger partial charge in [-0.25, -0.2) is 0 Å². The third-order valence-electron chi connectivity index (χ3n) is 4.48. The Kier molecular flexibility index (Phi) is 6.75. The Morgan fingerprint density at radius 2 is 2.11 bits per heavy atom. The van der Waals surface area contributed by atoms with Gasteiger partial charge in [0.2, 0.25) is 0 Å². The van der Waals surface area contributed by atoms with E-state index in [2.05, 4.69) is 31.0 Å². The molecule has 0 spiro atoms. The quantitative estimate of drug-likeness (QED) is 0.447. The highest BCUT2D eigenvalue weighted by Crippen LogP contribution is 2.33. The van der Waals surface area contributed by atoms with Gasteiger partial charge in [0.05, 0.1) is 0 Å². The fraction of sp³-hybridized carbons (Fsp3) is 0.875. The number of rotatable bonds is 5. The minimum atomic E-state index is 0.180. The third kappa shape index (κ3) is 4.63. The van der Waals surface area contributed by atoms with E-state index in [-0.39, 0.29) is 5.54 Å². The largest absolute Gasteiger partial charge is 0.329 e. The van der Waals surface area contributed by atoms with E-state index in [1.165, 1.54) is 32.1 Å². The first-order valence-corrected chi connectivity index (χ1v) is 7.48. The van der Waals surface area contributed by atoms with Crippen LogP contribution in [-0.4, -0.2) is 18.6 Å². The summed E-state index contributed by atoms with van der Waals surface area (Å²) in [5.74, 6) is 7.76. The van der Waals surface area contributed by atoms with Crippen LogP contribution in [0.5, 0.6) is 0 Å². The second kappa shape index (κ2) is 7.81. The first-order chi connectivity index (χ1) is 8.63. The summed E-state index contributed by atoms with van der Waals surface area (Å²) in [5.41, 5.74) is 6.23. The maximum absolute atomic E-state index is 6.05. The van der Waals surface area contributed by atoms with Crippen LogP contribution in [0.2, 0.25) is 0 Å². The van der Waals surface area contributed by atoms with Crippen LogP contribution in [-0.2, 0) is 0 Å². The molecule has 2 heteroatoms. The molecule has 2 atom stereocenters. The van der Waals surface area contributed by atoms with E-state index in [9.17, 15) is 0 Å². The zero-order valence-corrected chi connectivity index (χ0v) is 12.4. The molecule has 0 amide bonds. The van der Waals surface area contributed by atoms with Gasteiger partial charge >= 0.3 is 0 Å². The van der Waals surface area contributed by atoms with E-state index < -0.39 is 0 Å². The summed E-state index contributed by atoms with van der Waals surface area (Å²) >= 11 is 0. The molecule has 1 aliphatic rings. The molecule has 0 bridgehead atoms. The van der Waals surface area contributed by atoms with Crippen LogP contribution in [0.3, 0.4) is 0 Å². The summed E-state index contributed by atoms with van der Waals surface area (Å²) in [7, 11) is 0. The summed E-state index contributed by atoms with van der Waals surface area (Å²) in [6.45, 7) is 8.34. The molecule has 104 valence electrons. The average Bonchev–Trinajstić information content (AvgIpc) is 2.58. The second-order valence-electron chi connectivity index (χ2n) is 6.02. The van der Waals surface area contributed by atoms with Crippen LogP contribution in [0, 0.1) is 23.7 Å². The zero-order valence-electron chi connectivity index (χ0n) is 12.4. The maximum atomic E-state index is 6.05. The zero-order chi connectivity index (χ0) is 13.4. The van der Waals surface area contributed by atoms with Crippen molar-refractivity contribution in [3.05, 3.63) is 0 Å². The van der Waals surface area contributed by atoms with Gasteiger partial charge in [-0.05, 0) is 38.0 Å². The number of nitrogens with one attached hydrogen (secondary N) is 1. The van der Waals surface area contributed by atoms with Crippen LogP contribution < -0.4 is 11.1 Å². The van der Waals surface area contributed by atoms with Crippen LogP contribution in [0.15, 0.2) is 0 Å². The molecule has 18 heavy (non-hydrogen) atoms. The second-order valence-corrected chi connectivity index (χ2v) is 6.02. The number of nitrogens with two attached hydrogens (primary N) is 1. The van der Waals surface area contributed by atoms with Gasteiger partial charge < -0.3 is 11.1 Å². The molecule has 1 aliphatic carbocycles. The molecule has 0 aromatic rings. The van der Waals surface area contributed by atoms with Crippen LogP contribution in [0.4, 0.5) is 0 Å². The lowest BCUT2D eigenvalue weighted by molar-refractivity contribution is 0.281. The smallest absolute Gasteiger partial charge is 0.0304 e. The predicted octanol–water partition coefficient (Wildman–Crippen LogP) is 2.92. The van der Waals surface area contributed by atoms with Gasteiger partial charge in [0.25, 0.3) is 0 Å². The van der Waals surface area contributed by atoms with E-state index in [0.29, 0.717) is 0 Å². The Balaban J connectivity index is 2.50. The standard InChI is InChI=1S/C16H30N2/c1-4-5-6-12-18-16(13-17)10-7-8-15(9-11-16)14(2)3/h14-15,18H,6-13,17H2,1-3H3. The summed E-state index contributed by atoms with van der Waals surface area (Å²) in [5, 5.41) is 3.69. The fourth-order valence-corrected chi connectivity index (χ4v) is 3.07. The lowest BCUT2D eigenvalue weighted by atomic mass is 9.86. The van der Waals surface area contributed by atoms with Crippen LogP contribution in [0.1, 0.15) is 59.3 Å². The van der Waals surface area contributed by atoms with E-state index in [4.69, 9.17) is 5.73 Å². The minimum Gasteiger partial charge on any atom is -0.329 e. The van der Waals surface area contributed by atoms with Crippen molar-refractivity contribution in [3.8, 4) is 11.8 Å². The van der Waals surface area contributed by atoms with Crippen molar-refractivity contribution in [2.75, 3.05) is 13.1 Å². The lowest BCUT2D eigenvalue weighted by Gasteiger charge is -2.33. The first kappa shape index (κ1) is 15.5. The third-order valence-corrected chi connectivity index (χ3v) is 4.48. The van der Waals surface area contributed by atoms with E-state index >= 15 is 0 Å². The average molecular weight is 250 g/mol. The molecule has 1 fully saturated rings. The summed E-state index contributed by atoms with van der Waals surface area (Å²) in [6.07, 6.45) is 7.40. The highest BCUT2D eigenvalue weighted by molar-refractivity contribution is 4.98. The van der Waals surface area contributed by atoms with E-state index in [1.54, 1.807) is 0 Å². The Hall–Kier alpha value is -0.520. The predicted molar refractivity (Wildman–Crippen MR) is 79.3 cm³/mol. The number of hydrogen-bond acceptors (Lipinski definition) is 2. The monoisotopic (exact) mass is 250 g/mol. The lowest BCUT2D eigenvalue weighted by Crippen LogP contribution is -2.51. The molecule has 2 nitrogen and oxygen atoms in total. The van der Waals surface area contributed by atoms with Gasteiger partial charge in [0, 0.05) is 25.0 Å². The molecule has 0 saturated heterocycles. The molecule has 0 aromatic heterocycles.